The van der Waals surface area contributed by atoms with Crippen molar-refractivity contribution in [3.8, 4) is 5.75 Å². The van der Waals surface area contributed by atoms with Crippen molar-refractivity contribution in [1.82, 2.24) is 0 Å². The molecule has 1 aliphatic heterocycles. The Balaban J connectivity index is 1.70. The van der Waals surface area contributed by atoms with Gasteiger partial charge in [-0.2, -0.15) is 0 Å². The van der Waals surface area contributed by atoms with E-state index in [0.29, 0.717) is 6.10 Å². The van der Waals surface area contributed by atoms with E-state index in [9.17, 15) is 4.79 Å². The van der Waals surface area contributed by atoms with Gasteiger partial charge in [-0.25, -0.2) is 0 Å². The van der Waals surface area contributed by atoms with Crippen LogP contribution in [0.25, 0.3) is 0 Å². The molecule has 1 heterocycles. The highest BCUT2D eigenvalue weighted by atomic mass is 16.5. The summed E-state index contributed by atoms with van der Waals surface area (Å²) in [7, 11) is 0. The molecule has 2 aliphatic rings. The lowest BCUT2D eigenvalue weighted by Crippen LogP contribution is -2.25. The summed E-state index contributed by atoms with van der Waals surface area (Å²) >= 11 is 0. The number of carbonyl (C=O) groups is 1. The lowest BCUT2D eigenvalue weighted by Gasteiger charge is -2.29. The van der Waals surface area contributed by atoms with E-state index in [1.54, 1.807) is 0 Å². The molecular formula is C16H22N2O2. The van der Waals surface area contributed by atoms with Gasteiger partial charge < -0.3 is 15.8 Å². The Labute approximate surface area is 119 Å². The van der Waals surface area contributed by atoms with Gasteiger partial charge in [-0.15, -0.1) is 0 Å². The lowest BCUT2D eigenvalue weighted by molar-refractivity contribution is -0.116. The van der Waals surface area contributed by atoms with Crippen molar-refractivity contribution in [3.05, 3.63) is 23.8 Å². The Hall–Kier alpha value is -1.55. The van der Waals surface area contributed by atoms with Crippen LogP contribution in [0, 0.1) is 5.92 Å². The van der Waals surface area contributed by atoms with Crippen LogP contribution in [-0.4, -0.2) is 12.0 Å². The van der Waals surface area contributed by atoms with Crippen molar-refractivity contribution in [2.24, 2.45) is 11.7 Å². The average Bonchev–Trinajstić information content (AvgIpc) is 2.74. The van der Waals surface area contributed by atoms with Gasteiger partial charge in [0.2, 0.25) is 5.91 Å². The minimum atomic E-state index is -0.543. The van der Waals surface area contributed by atoms with E-state index >= 15 is 0 Å². The molecular weight excluding hydrogens is 252 g/mol. The standard InChI is InChI=1S/C16H22N2O2/c1-2-10-4-3-5-11(8-10)20-12-6-7-13-14(9-12)18-16(19)15(13)17/h6-7,9-11,15H,2-5,8,17H2,1H3,(H,18,19). The summed E-state index contributed by atoms with van der Waals surface area (Å²) in [5.41, 5.74) is 7.46. The molecule has 4 nitrogen and oxygen atoms in total. The Morgan fingerprint density at radius 1 is 1.40 bits per heavy atom. The van der Waals surface area contributed by atoms with Crippen LogP contribution in [0.3, 0.4) is 0 Å². The minimum absolute atomic E-state index is 0.138. The Morgan fingerprint density at radius 2 is 2.25 bits per heavy atom. The maximum atomic E-state index is 11.5. The number of amides is 1. The second kappa shape index (κ2) is 5.44. The van der Waals surface area contributed by atoms with Gasteiger partial charge in [0, 0.05) is 17.3 Å². The lowest BCUT2D eigenvalue weighted by atomic mass is 9.85. The molecule has 1 fully saturated rings. The van der Waals surface area contributed by atoms with Crippen molar-refractivity contribution < 1.29 is 9.53 Å². The quantitative estimate of drug-likeness (QED) is 0.890. The Bertz CT molecular complexity index is 515. The molecule has 1 aromatic rings. The second-order valence-corrected chi connectivity index (χ2v) is 5.90. The van der Waals surface area contributed by atoms with Gasteiger partial charge in [0.05, 0.1) is 6.10 Å². The molecule has 1 aliphatic carbocycles. The van der Waals surface area contributed by atoms with Crippen LogP contribution in [0.4, 0.5) is 5.69 Å². The number of fused-ring (bicyclic) bond motifs is 1. The topological polar surface area (TPSA) is 64.3 Å². The number of carbonyl (C=O) groups excluding carboxylic acids is 1. The maximum absolute atomic E-state index is 11.5. The predicted octanol–water partition coefficient (Wildman–Crippen LogP) is 2.99. The number of hydrogen-bond donors (Lipinski definition) is 2. The number of benzene rings is 1. The zero-order chi connectivity index (χ0) is 14.1. The zero-order valence-corrected chi connectivity index (χ0v) is 11.9. The first-order valence-corrected chi connectivity index (χ1v) is 7.54. The average molecular weight is 274 g/mol. The minimum Gasteiger partial charge on any atom is -0.490 e. The molecule has 1 amide bonds. The molecule has 1 saturated carbocycles. The van der Waals surface area contributed by atoms with E-state index in [0.717, 1.165) is 35.8 Å². The van der Waals surface area contributed by atoms with E-state index in [2.05, 4.69) is 12.2 Å². The first kappa shape index (κ1) is 13.4. The van der Waals surface area contributed by atoms with E-state index < -0.39 is 6.04 Å². The number of hydrogen-bond acceptors (Lipinski definition) is 3. The van der Waals surface area contributed by atoms with Gasteiger partial charge in [-0.1, -0.05) is 25.8 Å². The molecule has 3 atom stereocenters. The van der Waals surface area contributed by atoms with E-state index in [1.165, 1.54) is 19.3 Å². The second-order valence-electron chi connectivity index (χ2n) is 5.90. The summed E-state index contributed by atoms with van der Waals surface area (Å²) in [5, 5.41) is 2.80. The summed E-state index contributed by atoms with van der Waals surface area (Å²) in [5.74, 6) is 1.48. The van der Waals surface area contributed by atoms with Crippen LogP contribution in [0.1, 0.15) is 50.6 Å². The van der Waals surface area contributed by atoms with Crippen LogP contribution in [0.2, 0.25) is 0 Å². The van der Waals surface area contributed by atoms with Crippen LogP contribution in [-0.2, 0) is 4.79 Å². The molecule has 0 radical (unpaired) electrons. The molecule has 0 spiro atoms. The Kier molecular flexibility index (Phi) is 3.66. The van der Waals surface area contributed by atoms with Gasteiger partial charge in [-0.05, 0) is 31.2 Å². The summed E-state index contributed by atoms with van der Waals surface area (Å²) in [6, 6.07) is 5.18. The van der Waals surface area contributed by atoms with Crippen molar-refractivity contribution >= 4 is 11.6 Å². The predicted molar refractivity (Wildman–Crippen MR) is 78.7 cm³/mol. The molecule has 3 rings (SSSR count). The highest BCUT2D eigenvalue weighted by molar-refractivity contribution is 6.02. The van der Waals surface area contributed by atoms with Crippen LogP contribution < -0.4 is 15.8 Å². The summed E-state index contributed by atoms with van der Waals surface area (Å²) in [6.07, 6.45) is 6.37. The fourth-order valence-corrected chi connectivity index (χ4v) is 3.25. The van der Waals surface area contributed by atoms with Crippen LogP contribution in [0.15, 0.2) is 18.2 Å². The molecule has 0 aromatic heterocycles. The summed E-state index contributed by atoms with van der Waals surface area (Å²) in [6.45, 7) is 2.25. The number of ether oxygens (including phenoxy) is 1. The van der Waals surface area contributed by atoms with Crippen LogP contribution in [0.5, 0.6) is 5.75 Å². The summed E-state index contributed by atoms with van der Waals surface area (Å²) < 4.78 is 6.09. The summed E-state index contributed by atoms with van der Waals surface area (Å²) in [4.78, 5) is 11.5. The van der Waals surface area contributed by atoms with Crippen molar-refractivity contribution in [2.75, 3.05) is 5.32 Å². The maximum Gasteiger partial charge on any atom is 0.245 e. The third-order valence-corrected chi connectivity index (χ3v) is 4.51. The highest BCUT2D eigenvalue weighted by Gasteiger charge is 2.28. The van der Waals surface area contributed by atoms with Crippen LogP contribution >= 0.6 is 0 Å². The molecule has 3 N–H and O–H groups in total. The smallest absolute Gasteiger partial charge is 0.245 e. The first-order chi connectivity index (χ1) is 9.67. The molecule has 1 aromatic carbocycles. The SMILES string of the molecule is CCC1CCCC(Oc2ccc3c(c2)NC(=O)C3N)C1. The van der Waals surface area contributed by atoms with Gasteiger partial charge in [0.25, 0.3) is 0 Å². The van der Waals surface area contributed by atoms with E-state index in [-0.39, 0.29) is 5.91 Å². The largest absolute Gasteiger partial charge is 0.490 e. The number of nitrogens with one attached hydrogen (secondary N) is 1. The zero-order valence-electron chi connectivity index (χ0n) is 11.9. The number of rotatable bonds is 3. The number of nitrogens with two attached hydrogens (primary N) is 1. The first-order valence-electron chi connectivity index (χ1n) is 7.54. The van der Waals surface area contributed by atoms with Crippen molar-refractivity contribution in [1.29, 1.82) is 0 Å². The molecule has 0 saturated heterocycles. The van der Waals surface area contributed by atoms with E-state index in [1.807, 2.05) is 18.2 Å². The third-order valence-electron chi connectivity index (χ3n) is 4.51. The third kappa shape index (κ3) is 2.52. The molecule has 4 heteroatoms. The molecule has 0 bridgehead atoms. The van der Waals surface area contributed by atoms with Gasteiger partial charge in [0.1, 0.15) is 11.8 Å². The monoisotopic (exact) mass is 274 g/mol. The molecule has 108 valence electrons. The fourth-order valence-electron chi connectivity index (χ4n) is 3.25. The van der Waals surface area contributed by atoms with Gasteiger partial charge in [-0.3, -0.25) is 4.79 Å². The van der Waals surface area contributed by atoms with Crippen molar-refractivity contribution in [2.45, 2.75) is 51.2 Å². The highest BCUT2D eigenvalue weighted by Crippen LogP contribution is 2.34. The number of anilines is 1. The van der Waals surface area contributed by atoms with E-state index in [4.69, 9.17) is 10.5 Å². The van der Waals surface area contributed by atoms with Crippen molar-refractivity contribution in [3.63, 3.8) is 0 Å². The Morgan fingerprint density at radius 3 is 3.05 bits per heavy atom. The van der Waals surface area contributed by atoms with Gasteiger partial charge >= 0.3 is 0 Å². The fraction of sp³-hybridized carbons (Fsp3) is 0.562. The molecule has 20 heavy (non-hydrogen) atoms. The van der Waals surface area contributed by atoms with Gasteiger partial charge in [0.15, 0.2) is 0 Å². The molecule has 3 unspecified atom stereocenters. The normalized spacial score (nSPS) is 28.9.